The van der Waals surface area contributed by atoms with E-state index in [0.29, 0.717) is 57.0 Å². The lowest BCUT2D eigenvalue weighted by Crippen LogP contribution is -2.21. The Hall–Kier alpha value is -4.54. The van der Waals surface area contributed by atoms with E-state index in [-0.39, 0.29) is 0 Å². The molecule has 11 heteroatoms. The van der Waals surface area contributed by atoms with E-state index < -0.39 is 6.03 Å². The lowest BCUT2D eigenvalue weighted by molar-refractivity contribution is 0.254. The number of benzene rings is 3. The summed E-state index contributed by atoms with van der Waals surface area (Å²) in [5, 5.41) is 7.65. The molecule has 1 fully saturated rings. The number of carbonyl (C=O) groups is 1. The first-order valence-corrected chi connectivity index (χ1v) is 14.6. The fraction of sp³-hybridized carbons (Fsp3) is 0.281. The number of urea groups is 1. The molecule has 0 unspecified atom stereocenters. The Bertz CT molecular complexity index is 1770. The lowest BCUT2D eigenvalue weighted by Gasteiger charge is -2.16. The second-order valence-electron chi connectivity index (χ2n) is 10.5. The molecule has 2 amide bonds. The summed E-state index contributed by atoms with van der Waals surface area (Å²) in [5.41, 5.74) is 2.86. The molecule has 6 rings (SSSR count). The number of amides is 2. The van der Waals surface area contributed by atoms with Crippen molar-refractivity contribution in [3.05, 3.63) is 72.1 Å². The minimum Gasteiger partial charge on any atom is -0.493 e. The van der Waals surface area contributed by atoms with E-state index in [9.17, 15) is 4.79 Å². The molecule has 0 saturated carbocycles. The van der Waals surface area contributed by atoms with Gasteiger partial charge < -0.3 is 34.3 Å². The van der Waals surface area contributed by atoms with Gasteiger partial charge in [-0.1, -0.05) is 11.6 Å². The van der Waals surface area contributed by atoms with Crippen molar-refractivity contribution in [2.75, 3.05) is 44.0 Å². The van der Waals surface area contributed by atoms with Gasteiger partial charge in [0.2, 0.25) is 5.88 Å². The molecule has 2 aromatic heterocycles. The molecular weight excluding hydrogens is 568 g/mol. The molecule has 0 atom stereocenters. The van der Waals surface area contributed by atoms with Crippen LogP contribution in [0.1, 0.15) is 19.3 Å². The smallest absolute Gasteiger partial charge is 0.323 e. The minimum atomic E-state index is -0.409. The third-order valence-corrected chi connectivity index (χ3v) is 7.82. The topological polar surface area (TPSA) is 103 Å². The Kier molecular flexibility index (Phi) is 8.48. The number of aryl methyl sites for hydroxylation is 1. The Labute approximate surface area is 254 Å². The number of likely N-dealkylation sites (tertiary alicyclic amines) is 1. The van der Waals surface area contributed by atoms with Crippen LogP contribution in [0.25, 0.3) is 21.8 Å². The molecule has 1 aliphatic rings. The van der Waals surface area contributed by atoms with Crippen LogP contribution in [0.2, 0.25) is 5.02 Å². The summed E-state index contributed by atoms with van der Waals surface area (Å²) in [6, 6.07) is 16.0. The largest absolute Gasteiger partial charge is 0.493 e. The van der Waals surface area contributed by atoms with Gasteiger partial charge in [0, 0.05) is 48.5 Å². The van der Waals surface area contributed by atoms with Gasteiger partial charge in [0.1, 0.15) is 12.1 Å². The van der Waals surface area contributed by atoms with Crippen LogP contribution in [0.5, 0.6) is 23.1 Å². The van der Waals surface area contributed by atoms with Gasteiger partial charge in [-0.3, -0.25) is 0 Å². The lowest BCUT2D eigenvalue weighted by atomic mass is 10.2. The van der Waals surface area contributed by atoms with E-state index in [2.05, 4.69) is 25.5 Å². The summed E-state index contributed by atoms with van der Waals surface area (Å²) in [4.78, 5) is 23.9. The molecule has 3 aromatic carbocycles. The van der Waals surface area contributed by atoms with E-state index >= 15 is 0 Å². The summed E-state index contributed by atoms with van der Waals surface area (Å²) in [6.45, 7) is 3.96. The number of rotatable bonds is 10. The zero-order valence-corrected chi connectivity index (χ0v) is 24.9. The maximum Gasteiger partial charge on any atom is 0.323 e. The second-order valence-corrected chi connectivity index (χ2v) is 10.9. The molecule has 1 aliphatic heterocycles. The van der Waals surface area contributed by atoms with Gasteiger partial charge >= 0.3 is 6.03 Å². The number of anilines is 2. The Balaban J connectivity index is 1.11. The molecule has 43 heavy (non-hydrogen) atoms. The summed E-state index contributed by atoms with van der Waals surface area (Å²) in [7, 11) is 3.58. The van der Waals surface area contributed by atoms with E-state index in [0.717, 1.165) is 23.9 Å². The van der Waals surface area contributed by atoms with Gasteiger partial charge in [0.25, 0.3) is 0 Å². The number of ether oxygens (including phenoxy) is 3. The fourth-order valence-corrected chi connectivity index (χ4v) is 5.50. The van der Waals surface area contributed by atoms with Crippen molar-refractivity contribution in [2.24, 2.45) is 7.05 Å². The molecule has 0 bridgehead atoms. The van der Waals surface area contributed by atoms with E-state index in [1.807, 2.05) is 54.2 Å². The molecule has 2 N–H and O–H groups in total. The Morgan fingerprint density at radius 2 is 1.86 bits per heavy atom. The van der Waals surface area contributed by atoms with Crippen LogP contribution in [0.4, 0.5) is 16.2 Å². The molecule has 3 heterocycles. The highest BCUT2D eigenvalue weighted by atomic mass is 35.5. The second kappa shape index (κ2) is 12.8. The number of methoxy groups -OCH3 is 1. The van der Waals surface area contributed by atoms with Gasteiger partial charge in [0.15, 0.2) is 11.5 Å². The number of halogens is 1. The van der Waals surface area contributed by atoms with Crippen molar-refractivity contribution in [3.63, 3.8) is 0 Å². The highest BCUT2D eigenvalue weighted by Gasteiger charge is 2.15. The number of carbonyl (C=O) groups excluding carboxylic acids is 1. The fourth-order valence-electron chi connectivity index (χ4n) is 5.29. The molecule has 222 valence electrons. The standard InChI is InChI=1S/C32H33ClN6O4/c1-38-14-10-21-16-22(6-9-28(21)38)36-32(40)37-26-8-7-23(17-25(26)33)43-31-24-18-29(41-2)30(19-27(24)34-20-35-31)42-15-5-13-39-11-3-4-12-39/h6-10,14,16-20H,3-5,11-13,15H2,1-2H3,(H2,36,37,40). The minimum absolute atomic E-state index is 0.312. The summed E-state index contributed by atoms with van der Waals surface area (Å²) in [5.74, 6) is 1.99. The first-order chi connectivity index (χ1) is 21.0. The van der Waals surface area contributed by atoms with Gasteiger partial charge in [-0.2, -0.15) is 0 Å². The first-order valence-electron chi connectivity index (χ1n) is 14.3. The van der Waals surface area contributed by atoms with Crippen molar-refractivity contribution >= 4 is 50.8 Å². The van der Waals surface area contributed by atoms with Crippen LogP contribution in [0.3, 0.4) is 0 Å². The third kappa shape index (κ3) is 6.60. The predicted octanol–water partition coefficient (Wildman–Crippen LogP) is 7.08. The number of hydrogen-bond donors (Lipinski definition) is 2. The molecule has 0 aliphatic carbocycles. The normalized spacial score (nSPS) is 13.4. The average Bonchev–Trinajstić information content (AvgIpc) is 3.66. The van der Waals surface area contributed by atoms with Gasteiger partial charge in [-0.05, 0) is 74.8 Å². The molecule has 0 spiro atoms. The zero-order chi connectivity index (χ0) is 29.8. The number of hydrogen-bond acceptors (Lipinski definition) is 7. The summed E-state index contributed by atoms with van der Waals surface area (Å²) in [6.07, 6.45) is 6.91. The first kappa shape index (κ1) is 28.6. The van der Waals surface area contributed by atoms with Crippen LogP contribution in [0.15, 0.2) is 67.1 Å². The average molecular weight is 601 g/mol. The van der Waals surface area contributed by atoms with E-state index in [4.69, 9.17) is 25.8 Å². The van der Waals surface area contributed by atoms with Crippen molar-refractivity contribution in [1.82, 2.24) is 19.4 Å². The number of fused-ring (bicyclic) bond motifs is 2. The molecule has 0 radical (unpaired) electrons. The molecule has 1 saturated heterocycles. The van der Waals surface area contributed by atoms with Crippen molar-refractivity contribution in [3.8, 4) is 23.1 Å². The van der Waals surface area contributed by atoms with Crippen LogP contribution >= 0.6 is 11.6 Å². The predicted molar refractivity (Wildman–Crippen MR) is 169 cm³/mol. The van der Waals surface area contributed by atoms with Crippen LogP contribution < -0.4 is 24.8 Å². The molecule has 10 nitrogen and oxygen atoms in total. The van der Waals surface area contributed by atoms with Crippen LogP contribution in [-0.4, -0.2) is 58.8 Å². The number of nitrogens with one attached hydrogen (secondary N) is 2. The SMILES string of the molecule is COc1cc2c(Oc3ccc(NC(=O)Nc4ccc5c(ccn5C)c4)c(Cl)c3)ncnc2cc1OCCCN1CCCC1. The van der Waals surface area contributed by atoms with E-state index in [1.165, 1.54) is 32.3 Å². The van der Waals surface area contributed by atoms with Crippen molar-refractivity contribution in [2.45, 2.75) is 19.3 Å². The Morgan fingerprint density at radius 3 is 2.67 bits per heavy atom. The highest BCUT2D eigenvalue weighted by molar-refractivity contribution is 6.34. The van der Waals surface area contributed by atoms with E-state index in [1.54, 1.807) is 25.3 Å². The Morgan fingerprint density at radius 1 is 1.00 bits per heavy atom. The maximum atomic E-state index is 12.7. The van der Waals surface area contributed by atoms with Crippen LogP contribution in [0, 0.1) is 0 Å². The quantitative estimate of drug-likeness (QED) is 0.165. The third-order valence-electron chi connectivity index (χ3n) is 7.51. The van der Waals surface area contributed by atoms with Crippen molar-refractivity contribution < 1.29 is 19.0 Å². The van der Waals surface area contributed by atoms with Crippen LogP contribution in [-0.2, 0) is 7.05 Å². The van der Waals surface area contributed by atoms with Gasteiger partial charge in [-0.25, -0.2) is 14.8 Å². The highest BCUT2D eigenvalue weighted by Crippen LogP contribution is 2.37. The molecule has 5 aromatic rings. The number of aromatic nitrogens is 3. The maximum absolute atomic E-state index is 12.7. The zero-order valence-electron chi connectivity index (χ0n) is 24.1. The monoisotopic (exact) mass is 600 g/mol. The summed E-state index contributed by atoms with van der Waals surface area (Å²) >= 11 is 6.51. The van der Waals surface area contributed by atoms with Gasteiger partial charge in [0.05, 0.1) is 35.3 Å². The van der Waals surface area contributed by atoms with Gasteiger partial charge in [-0.15, -0.1) is 0 Å². The summed E-state index contributed by atoms with van der Waals surface area (Å²) < 4.78 is 19.8. The van der Waals surface area contributed by atoms with Crippen molar-refractivity contribution in [1.29, 1.82) is 0 Å². The molecular formula is C32H33ClN6O4. The number of nitrogens with zero attached hydrogens (tertiary/aromatic N) is 4.